The van der Waals surface area contributed by atoms with Crippen LogP contribution in [0.5, 0.6) is 6.01 Å². The molecule has 2 aliphatic rings. The first-order valence-electron chi connectivity index (χ1n) is 12.6. The number of fused-ring (bicyclic) bond motifs is 1. The molecule has 0 spiro atoms. The first-order valence-corrected chi connectivity index (χ1v) is 13.5. The summed E-state index contributed by atoms with van der Waals surface area (Å²) in [6.45, 7) is 4.20. The maximum atomic E-state index is 13.2. The highest BCUT2D eigenvalue weighted by Gasteiger charge is 2.31. The standard InChI is InChI=1S/C27H31N5O4S/c1-2-22-14-23-24(29-27(30-25(23)37-22)36-17-21(34)16-33)31-10-12-32(13-11-31)26(35)19-7-5-18(6-8-19)20-4-3-9-28-15-20/h3-9,15,21-22,33-34H,2,10-14,16-17H2,1H3/t21-,22?/m1/s1. The first-order chi connectivity index (χ1) is 18.1. The lowest BCUT2D eigenvalue weighted by atomic mass is 10.0. The molecule has 1 amide bonds. The van der Waals surface area contributed by atoms with Crippen molar-refractivity contribution in [2.75, 3.05) is 44.3 Å². The van der Waals surface area contributed by atoms with Crippen LogP contribution in [-0.4, -0.2) is 86.7 Å². The number of aromatic nitrogens is 3. The number of thioether (sulfide) groups is 1. The van der Waals surface area contributed by atoms with Crippen LogP contribution in [0.4, 0.5) is 5.82 Å². The molecule has 3 aromatic rings. The number of benzene rings is 1. The average Bonchev–Trinajstić information content (AvgIpc) is 3.39. The lowest BCUT2D eigenvalue weighted by molar-refractivity contribution is 0.0502. The van der Waals surface area contributed by atoms with Crippen LogP contribution < -0.4 is 9.64 Å². The Hall–Kier alpha value is -3.21. The molecule has 37 heavy (non-hydrogen) atoms. The second-order valence-corrected chi connectivity index (χ2v) is 10.5. The molecule has 2 atom stereocenters. The summed E-state index contributed by atoms with van der Waals surface area (Å²) in [6.07, 6.45) is 4.50. The van der Waals surface area contributed by atoms with Crippen LogP contribution in [0.15, 0.2) is 53.8 Å². The van der Waals surface area contributed by atoms with Crippen LogP contribution in [0.2, 0.25) is 0 Å². The van der Waals surface area contributed by atoms with Gasteiger partial charge in [-0.1, -0.05) is 25.1 Å². The van der Waals surface area contributed by atoms with Gasteiger partial charge in [0, 0.05) is 54.9 Å². The summed E-state index contributed by atoms with van der Waals surface area (Å²) >= 11 is 1.73. The Morgan fingerprint density at radius 3 is 2.59 bits per heavy atom. The molecule has 0 radical (unpaired) electrons. The van der Waals surface area contributed by atoms with Crippen molar-refractivity contribution in [3.8, 4) is 17.1 Å². The number of pyridine rings is 1. The monoisotopic (exact) mass is 521 g/mol. The maximum Gasteiger partial charge on any atom is 0.319 e. The van der Waals surface area contributed by atoms with Gasteiger partial charge in [0.15, 0.2) is 0 Å². The summed E-state index contributed by atoms with van der Waals surface area (Å²) in [6, 6.07) is 11.8. The highest BCUT2D eigenvalue weighted by molar-refractivity contribution is 8.00. The van der Waals surface area contributed by atoms with E-state index in [2.05, 4.69) is 26.8 Å². The number of carbonyl (C=O) groups is 1. The summed E-state index contributed by atoms with van der Waals surface area (Å²) in [5.74, 6) is 0.865. The molecule has 1 fully saturated rings. The topological polar surface area (TPSA) is 112 Å². The van der Waals surface area contributed by atoms with E-state index in [1.165, 1.54) is 0 Å². The average molecular weight is 522 g/mol. The summed E-state index contributed by atoms with van der Waals surface area (Å²) < 4.78 is 5.60. The Labute approximate surface area is 220 Å². The van der Waals surface area contributed by atoms with Crippen LogP contribution in [0, 0.1) is 0 Å². The van der Waals surface area contributed by atoms with Crippen molar-refractivity contribution in [1.29, 1.82) is 0 Å². The van der Waals surface area contributed by atoms with E-state index in [0.29, 0.717) is 37.0 Å². The van der Waals surface area contributed by atoms with Crippen LogP contribution in [0.3, 0.4) is 0 Å². The number of nitrogens with zero attached hydrogens (tertiary/aromatic N) is 5. The number of carbonyl (C=O) groups excluding carboxylic acids is 1. The minimum Gasteiger partial charge on any atom is -0.461 e. The van der Waals surface area contributed by atoms with E-state index in [1.807, 2.05) is 47.5 Å². The third-order valence-electron chi connectivity index (χ3n) is 6.70. The Bertz CT molecular complexity index is 1220. The van der Waals surface area contributed by atoms with Gasteiger partial charge < -0.3 is 24.7 Å². The number of aliphatic hydroxyl groups excluding tert-OH is 2. The predicted molar refractivity (Wildman–Crippen MR) is 142 cm³/mol. The molecule has 2 N–H and O–H groups in total. The van der Waals surface area contributed by atoms with Crippen LogP contribution >= 0.6 is 11.8 Å². The zero-order valence-corrected chi connectivity index (χ0v) is 21.6. The number of hydrogen-bond acceptors (Lipinski definition) is 9. The van der Waals surface area contributed by atoms with E-state index < -0.39 is 6.10 Å². The minimum atomic E-state index is -0.982. The molecule has 0 saturated carbocycles. The summed E-state index contributed by atoms with van der Waals surface area (Å²) in [5.41, 5.74) is 3.84. The van der Waals surface area contributed by atoms with Gasteiger partial charge in [-0.3, -0.25) is 9.78 Å². The van der Waals surface area contributed by atoms with Gasteiger partial charge in [-0.25, -0.2) is 0 Å². The summed E-state index contributed by atoms with van der Waals surface area (Å²) in [4.78, 5) is 30.7. The molecule has 5 rings (SSSR count). The number of amides is 1. The normalized spacial score (nSPS) is 18.0. The Kier molecular flexibility index (Phi) is 7.87. The van der Waals surface area contributed by atoms with Crippen LogP contribution in [0.1, 0.15) is 29.3 Å². The molecular weight excluding hydrogens is 490 g/mol. The number of hydrogen-bond donors (Lipinski definition) is 2. The van der Waals surface area contributed by atoms with Crippen molar-refractivity contribution in [2.24, 2.45) is 0 Å². The zero-order valence-electron chi connectivity index (χ0n) is 20.8. The second-order valence-electron chi connectivity index (χ2n) is 9.21. The number of aliphatic hydroxyl groups is 2. The minimum absolute atomic E-state index is 0.0221. The molecular formula is C27H31N5O4S. The fourth-order valence-electron chi connectivity index (χ4n) is 4.56. The van der Waals surface area contributed by atoms with E-state index in [4.69, 9.17) is 9.84 Å². The molecule has 4 heterocycles. The van der Waals surface area contributed by atoms with Crippen molar-refractivity contribution < 1.29 is 19.7 Å². The van der Waals surface area contributed by atoms with Gasteiger partial charge in [0.05, 0.1) is 6.61 Å². The van der Waals surface area contributed by atoms with E-state index in [-0.39, 0.29) is 25.1 Å². The third-order valence-corrected chi connectivity index (χ3v) is 8.10. The Morgan fingerprint density at radius 2 is 1.92 bits per heavy atom. The molecule has 0 aliphatic carbocycles. The van der Waals surface area contributed by atoms with Gasteiger partial charge in [-0.2, -0.15) is 9.97 Å². The number of rotatable bonds is 8. The SMILES string of the molecule is CCC1Cc2c(nc(OC[C@H](O)CO)nc2N2CCN(C(=O)c3ccc(-c4cccnc4)cc3)CC2)S1. The quantitative estimate of drug-likeness (QED) is 0.432. The molecule has 2 aliphatic heterocycles. The Balaban J connectivity index is 1.27. The molecule has 9 nitrogen and oxygen atoms in total. The molecule has 1 aromatic carbocycles. The highest BCUT2D eigenvalue weighted by atomic mass is 32.2. The lowest BCUT2D eigenvalue weighted by Gasteiger charge is -2.36. The molecule has 1 saturated heterocycles. The largest absolute Gasteiger partial charge is 0.461 e. The Morgan fingerprint density at radius 1 is 1.14 bits per heavy atom. The molecule has 2 aromatic heterocycles. The molecule has 194 valence electrons. The molecule has 0 bridgehead atoms. The van der Waals surface area contributed by atoms with Gasteiger partial charge in [-0.05, 0) is 42.2 Å². The smallest absolute Gasteiger partial charge is 0.319 e. The van der Waals surface area contributed by atoms with Gasteiger partial charge in [0.2, 0.25) is 0 Å². The van der Waals surface area contributed by atoms with Crippen molar-refractivity contribution >= 4 is 23.5 Å². The predicted octanol–water partition coefficient (Wildman–Crippen LogP) is 2.66. The fraction of sp³-hybridized carbons (Fsp3) is 0.407. The van der Waals surface area contributed by atoms with Gasteiger partial charge in [0.1, 0.15) is 23.6 Å². The molecule has 10 heteroatoms. The zero-order chi connectivity index (χ0) is 25.8. The van der Waals surface area contributed by atoms with Crippen LogP contribution in [0.25, 0.3) is 11.1 Å². The van der Waals surface area contributed by atoms with E-state index in [0.717, 1.165) is 40.4 Å². The van der Waals surface area contributed by atoms with E-state index >= 15 is 0 Å². The van der Waals surface area contributed by atoms with E-state index in [1.54, 1.807) is 18.0 Å². The van der Waals surface area contributed by atoms with Crippen LogP contribution in [-0.2, 0) is 6.42 Å². The van der Waals surface area contributed by atoms with E-state index in [9.17, 15) is 9.90 Å². The van der Waals surface area contributed by atoms with Crippen molar-refractivity contribution in [3.05, 3.63) is 59.9 Å². The van der Waals surface area contributed by atoms with Crippen molar-refractivity contribution in [2.45, 2.75) is 36.1 Å². The maximum absolute atomic E-state index is 13.2. The number of ether oxygens (including phenoxy) is 1. The third kappa shape index (κ3) is 5.71. The fourth-order valence-corrected chi connectivity index (χ4v) is 5.74. The van der Waals surface area contributed by atoms with Gasteiger partial charge in [-0.15, -0.1) is 11.8 Å². The summed E-state index contributed by atoms with van der Waals surface area (Å²) in [5, 5.41) is 20.1. The molecule has 1 unspecified atom stereocenters. The van der Waals surface area contributed by atoms with Gasteiger partial charge in [0.25, 0.3) is 5.91 Å². The number of piperazine rings is 1. The number of anilines is 1. The van der Waals surface area contributed by atoms with Crippen molar-refractivity contribution in [3.63, 3.8) is 0 Å². The summed E-state index contributed by atoms with van der Waals surface area (Å²) in [7, 11) is 0. The first kappa shape index (κ1) is 25.4. The van der Waals surface area contributed by atoms with Gasteiger partial charge >= 0.3 is 6.01 Å². The van der Waals surface area contributed by atoms with Crippen molar-refractivity contribution in [1.82, 2.24) is 19.9 Å². The highest BCUT2D eigenvalue weighted by Crippen LogP contribution is 2.42. The second kappa shape index (κ2) is 11.5. The lowest BCUT2D eigenvalue weighted by Crippen LogP contribution is -2.49.